The fourth-order valence-corrected chi connectivity index (χ4v) is 5.33. The fourth-order valence-electron chi connectivity index (χ4n) is 4.42. The maximum Gasteiger partial charge on any atom is 0.404 e. The van der Waals surface area contributed by atoms with Gasteiger partial charge >= 0.3 is 6.09 Å². The molecule has 0 unspecified atom stereocenters. The Labute approximate surface area is 164 Å². The van der Waals surface area contributed by atoms with Crippen LogP contribution < -0.4 is 10.2 Å². The first-order valence-corrected chi connectivity index (χ1v) is 10.9. The number of carboxylic acid groups (broad SMARTS) is 1. The minimum Gasteiger partial charge on any atom is -0.465 e. The molecule has 0 radical (unpaired) electrons. The number of nitrogens with zero attached hydrogens (tertiary/aromatic N) is 3. The average molecular weight is 389 g/mol. The van der Waals surface area contributed by atoms with Crippen LogP contribution in [0.5, 0.6) is 0 Å². The second kappa shape index (κ2) is 8.44. The molecule has 1 aliphatic heterocycles. The lowest BCUT2D eigenvalue weighted by atomic mass is 9.84. The van der Waals surface area contributed by atoms with Crippen LogP contribution >= 0.6 is 11.3 Å². The molecule has 27 heavy (non-hydrogen) atoms. The van der Waals surface area contributed by atoms with E-state index >= 15 is 0 Å². The van der Waals surface area contributed by atoms with Gasteiger partial charge in [0.2, 0.25) is 0 Å². The van der Waals surface area contributed by atoms with Crippen molar-refractivity contribution in [3.05, 3.63) is 23.7 Å². The molecule has 2 aliphatic rings. The summed E-state index contributed by atoms with van der Waals surface area (Å²) < 4.78 is 1.30. The molecule has 2 fully saturated rings. The van der Waals surface area contributed by atoms with Crippen LogP contribution in [0.3, 0.4) is 0 Å². The second-order valence-electron chi connectivity index (χ2n) is 7.76. The summed E-state index contributed by atoms with van der Waals surface area (Å²) in [4.78, 5) is 20.4. The van der Waals surface area contributed by atoms with Gasteiger partial charge in [0.1, 0.15) is 5.82 Å². The summed E-state index contributed by atoms with van der Waals surface area (Å²) in [6, 6.07) is 4.42. The van der Waals surface area contributed by atoms with Gasteiger partial charge in [0.25, 0.3) is 0 Å². The van der Waals surface area contributed by atoms with Crippen molar-refractivity contribution in [2.24, 2.45) is 5.92 Å². The molecule has 3 heterocycles. The van der Waals surface area contributed by atoms with Gasteiger partial charge in [0, 0.05) is 38.4 Å². The highest BCUT2D eigenvalue weighted by Gasteiger charge is 2.24. The van der Waals surface area contributed by atoms with E-state index in [0.29, 0.717) is 0 Å². The van der Waals surface area contributed by atoms with Gasteiger partial charge in [-0.25, -0.2) is 9.78 Å². The van der Waals surface area contributed by atoms with E-state index < -0.39 is 6.09 Å². The van der Waals surface area contributed by atoms with E-state index in [-0.39, 0.29) is 6.04 Å². The van der Waals surface area contributed by atoms with Gasteiger partial charge < -0.3 is 15.3 Å². The lowest BCUT2D eigenvalue weighted by molar-refractivity contribution is 0.177. The van der Waals surface area contributed by atoms with Gasteiger partial charge in [-0.05, 0) is 67.5 Å². The third-order valence-electron chi connectivity index (χ3n) is 6.05. The number of nitrogens with one attached hydrogen (secondary N) is 1. The largest absolute Gasteiger partial charge is 0.465 e. The molecule has 1 aliphatic carbocycles. The normalized spacial score (nSPS) is 24.2. The topological polar surface area (TPSA) is 68.7 Å². The number of hydrogen-bond donors (Lipinski definition) is 2. The van der Waals surface area contributed by atoms with E-state index in [1.807, 2.05) is 6.20 Å². The highest BCUT2D eigenvalue weighted by Crippen LogP contribution is 2.30. The van der Waals surface area contributed by atoms with E-state index in [1.165, 1.54) is 16.5 Å². The Kier molecular flexibility index (Phi) is 5.78. The van der Waals surface area contributed by atoms with E-state index in [2.05, 4.69) is 37.6 Å². The number of pyridine rings is 1. The smallest absolute Gasteiger partial charge is 0.404 e. The summed E-state index contributed by atoms with van der Waals surface area (Å²) in [6.45, 7) is 5.43. The number of fused-ring (bicyclic) bond motifs is 1. The quantitative estimate of drug-likeness (QED) is 0.819. The van der Waals surface area contributed by atoms with Gasteiger partial charge in [0.05, 0.1) is 4.70 Å². The summed E-state index contributed by atoms with van der Waals surface area (Å²) in [6.07, 6.45) is 6.54. The zero-order valence-corrected chi connectivity index (χ0v) is 16.5. The number of amides is 1. The van der Waals surface area contributed by atoms with E-state index in [4.69, 9.17) is 5.11 Å². The molecular formula is C20H28N4O2S. The van der Waals surface area contributed by atoms with Crippen LogP contribution in [-0.2, 0) is 0 Å². The van der Waals surface area contributed by atoms with Crippen LogP contribution in [0, 0.1) is 5.92 Å². The molecular weight excluding hydrogens is 360 g/mol. The van der Waals surface area contributed by atoms with Crippen molar-refractivity contribution in [2.75, 3.05) is 37.6 Å². The number of hydrogen-bond acceptors (Lipinski definition) is 5. The summed E-state index contributed by atoms with van der Waals surface area (Å²) in [5.74, 6) is 1.89. The Morgan fingerprint density at radius 1 is 1.19 bits per heavy atom. The minimum atomic E-state index is -0.885. The number of anilines is 1. The van der Waals surface area contributed by atoms with Crippen LogP contribution in [0.2, 0.25) is 0 Å². The summed E-state index contributed by atoms with van der Waals surface area (Å²) in [7, 11) is 0. The molecule has 0 atom stereocenters. The van der Waals surface area contributed by atoms with Crippen LogP contribution in [0.4, 0.5) is 10.6 Å². The summed E-state index contributed by atoms with van der Waals surface area (Å²) in [5, 5.41) is 14.9. The van der Waals surface area contributed by atoms with Crippen LogP contribution in [0.1, 0.15) is 32.1 Å². The predicted octanol–water partition coefficient (Wildman–Crippen LogP) is 3.63. The molecule has 2 aromatic heterocycles. The molecule has 2 N–H and O–H groups in total. The Morgan fingerprint density at radius 2 is 1.96 bits per heavy atom. The zero-order valence-electron chi connectivity index (χ0n) is 15.6. The van der Waals surface area contributed by atoms with Crippen molar-refractivity contribution in [3.8, 4) is 0 Å². The Hall–Kier alpha value is -1.86. The standard InChI is InChI=1S/C20H28N4O2S/c25-20(26)22-17-3-1-15(2-4-17)6-9-23-10-12-24(13-11-23)19-18-16(5-8-21-19)7-14-27-18/h5,7-8,14-15,17,22H,1-4,6,9-13H2,(H,25,26). The van der Waals surface area contributed by atoms with Crippen molar-refractivity contribution in [2.45, 2.75) is 38.1 Å². The van der Waals surface area contributed by atoms with Gasteiger partial charge in [-0.15, -0.1) is 11.3 Å². The molecule has 6 nitrogen and oxygen atoms in total. The molecule has 4 rings (SSSR count). The number of aromatic nitrogens is 1. The van der Waals surface area contributed by atoms with E-state index in [1.54, 1.807) is 11.3 Å². The Bertz CT molecular complexity index is 764. The van der Waals surface area contributed by atoms with Gasteiger partial charge in [0.15, 0.2) is 0 Å². The lowest BCUT2D eigenvalue weighted by Crippen LogP contribution is -2.47. The predicted molar refractivity (Wildman–Crippen MR) is 110 cm³/mol. The fraction of sp³-hybridized carbons (Fsp3) is 0.600. The Balaban J connectivity index is 1.21. The molecule has 0 spiro atoms. The summed E-state index contributed by atoms with van der Waals surface area (Å²) >= 11 is 1.78. The van der Waals surface area contributed by atoms with Crippen molar-refractivity contribution >= 4 is 33.3 Å². The lowest BCUT2D eigenvalue weighted by Gasteiger charge is -2.36. The second-order valence-corrected chi connectivity index (χ2v) is 8.67. The van der Waals surface area contributed by atoms with E-state index in [9.17, 15) is 4.79 Å². The molecule has 0 aromatic carbocycles. The third-order valence-corrected chi connectivity index (χ3v) is 6.98. The van der Waals surface area contributed by atoms with Gasteiger partial charge in [-0.3, -0.25) is 4.90 Å². The number of rotatable bonds is 5. The van der Waals surface area contributed by atoms with E-state index in [0.717, 1.165) is 70.1 Å². The molecule has 146 valence electrons. The maximum absolute atomic E-state index is 10.7. The SMILES string of the molecule is O=C(O)NC1CCC(CCN2CCN(c3nccc4ccsc34)CC2)CC1. The van der Waals surface area contributed by atoms with Gasteiger partial charge in [-0.1, -0.05) is 0 Å². The first-order chi connectivity index (χ1) is 13.2. The molecule has 2 aromatic rings. The highest BCUT2D eigenvalue weighted by molar-refractivity contribution is 7.17. The molecule has 7 heteroatoms. The van der Waals surface area contributed by atoms with Crippen molar-refractivity contribution in [1.29, 1.82) is 0 Å². The maximum atomic E-state index is 10.7. The molecule has 0 bridgehead atoms. The van der Waals surface area contributed by atoms with Crippen LogP contribution in [0.15, 0.2) is 23.7 Å². The molecule has 1 amide bonds. The van der Waals surface area contributed by atoms with Crippen molar-refractivity contribution in [3.63, 3.8) is 0 Å². The monoisotopic (exact) mass is 388 g/mol. The van der Waals surface area contributed by atoms with Crippen LogP contribution in [0.25, 0.3) is 10.1 Å². The molecule has 1 saturated heterocycles. The average Bonchev–Trinajstić information content (AvgIpc) is 3.16. The zero-order chi connectivity index (χ0) is 18.6. The Morgan fingerprint density at radius 3 is 2.70 bits per heavy atom. The molecule has 1 saturated carbocycles. The first-order valence-electron chi connectivity index (χ1n) is 9.98. The number of thiophene rings is 1. The highest BCUT2D eigenvalue weighted by atomic mass is 32.1. The van der Waals surface area contributed by atoms with Crippen LogP contribution in [-0.4, -0.2) is 59.8 Å². The third kappa shape index (κ3) is 4.52. The first kappa shape index (κ1) is 18.5. The van der Waals surface area contributed by atoms with Gasteiger partial charge in [-0.2, -0.15) is 0 Å². The minimum absolute atomic E-state index is 0.162. The number of piperazine rings is 1. The summed E-state index contributed by atoms with van der Waals surface area (Å²) in [5.41, 5.74) is 0. The van der Waals surface area contributed by atoms with Crippen molar-refractivity contribution in [1.82, 2.24) is 15.2 Å². The number of carbonyl (C=O) groups is 1. The van der Waals surface area contributed by atoms with Crippen molar-refractivity contribution < 1.29 is 9.90 Å².